The van der Waals surface area contributed by atoms with Crippen molar-refractivity contribution in [2.24, 2.45) is 21.9 Å². The van der Waals surface area contributed by atoms with Crippen LogP contribution in [-0.4, -0.2) is 22.4 Å². The van der Waals surface area contributed by atoms with Gasteiger partial charge in [0.05, 0.1) is 23.5 Å². The molecule has 32 heavy (non-hydrogen) atoms. The molecule has 6 nitrogen and oxygen atoms in total. The Morgan fingerprint density at radius 1 is 1.22 bits per heavy atom. The van der Waals surface area contributed by atoms with E-state index < -0.39 is 0 Å². The van der Waals surface area contributed by atoms with E-state index in [1.807, 2.05) is 39.0 Å². The first-order valence-corrected chi connectivity index (χ1v) is 10.9. The molecule has 0 saturated heterocycles. The monoisotopic (exact) mass is 431 g/mol. The predicted molar refractivity (Wildman–Crippen MR) is 133 cm³/mol. The Morgan fingerprint density at radius 3 is 2.59 bits per heavy atom. The smallest absolute Gasteiger partial charge is 0.236 e. The number of rotatable bonds is 8. The lowest BCUT2D eigenvalue weighted by Crippen LogP contribution is -2.31. The van der Waals surface area contributed by atoms with Gasteiger partial charge in [0.25, 0.3) is 0 Å². The molecule has 1 unspecified atom stereocenters. The highest BCUT2D eigenvalue weighted by molar-refractivity contribution is 6.02. The molecule has 0 spiro atoms. The summed E-state index contributed by atoms with van der Waals surface area (Å²) >= 11 is 0. The van der Waals surface area contributed by atoms with Crippen LogP contribution in [0.25, 0.3) is 10.9 Å². The van der Waals surface area contributed by atoms with Crippen molar-refractivity contribution in [3.8, 4) is 12.3 Å². The minimum Gasteiger partial charge on any atom is -0.343 e. The number of hydrazone groups is 1. The Morgan fingerprint density at radius 2 is 1.97 bits per heavy atom. The number of hydrogen-bond donors (Lipinski definition) is 2. The van der Waals surface area contributed by atoms with Gasteiger partial charge in [-0.05, 0) is 37.6 Å². The molecular weight excluding hydrogens is 398 g/mol. The molecule has 168 valence electrons. The van der Waals surface area contributed by atoms with E-state index in [2.05, 4.69) is 53.8 Å². The number of allylic oxidation sites excluding steroid dienone is 2. The normalized spacial score (nSPS) is 13.8. The fraction of sp³-hybridized carbons (Fsp3) is 0.385. The zero-order chi connectivity index (χ0) is 23.7. The number of benzene rings is 1. The van der Waals surface area contributed by atoms with Gasteiger partial charge in [-0.25, -0.2) is 5.43 Å². The second kappa shape index (κ2) is 11.8. The molecule has 2 aromatic rings. The van der Waals surface area contributed by atoms with Gasteiger partial charge in [-0.3, -0.25) is 14.8 Å². The first-order chi connectivity index (χ1) is 15.2. The Hall–Kier alpha value is -3.46. The number of nitrogens with zero attached hydrogens (tertiary/aromatic N) is 3. The van der Waals surface area contributed by atoms with Crippen molar-refractivity contribution >= 4 is 28.4 Å². The molecule has 6 heteroatoms. The summed E-state index contributed by atoms with van der Waals surface area (Å²) in [5, 5.41) is 8.55. The van der Waals surface area contributed by atoms with E-state index in [-0.39, 0.29) is 17.7 Å². The van der Waals surface area contributed by atoms with Crippen LogP contribution in [0.15, 0.2) is 52.2 Å². The molecule has 1 aromatic carbocycles. The number of amides is 1. The Kier molecular flexibility index (Phi) is 9.15. The maximum absolute atomic E-state index is 11.1. The van der Waals surface area contributed by atoms with Crippen molar-refractivity contribution in [3.63, 3.8) is 0 Å². The molecule has 1 aromatic heterocycles. The Balaban J connectivity index is 2.18. The highest BCUT2D eigenvalue weighted by Gasteiger charge is 2.10. The highest BCUT2D eigenvalue weighted by Crippen LogP contribution is 2.17. The van der Waals surface area contributed by atoms with Crippen molar-refractivity contribution < 1.29 is 4.79 Å². The fourth-order valence-corrected chi connectivity index (χ4v) is 3.08. The van der Waals surface area contributed by atoms with E-state index in [9.17, 15) is 4.79 Å². The lowest BCUT2D eigenvalue weighted by molar-refractivity contribution is -0.118. The summed E-state index contributed by atoms with van der Waals surface area (Å²) in [5.74, 6) is 3.77. The van der Waals surface area contributed by atoms with Crippen molar-refractivity contribution in [2.75, 3.05) is 0 Å². The van der Waals surface area contributed by atoms with Gasteiger partial charge >= 0.3 is 0 Å². The minimum atomic E-state index is -0.207. The number of aliphatic imine (C=N–C) groups is 1. The molecule has 0 aliphatic carbocycles. The number of aromatic nitrogens is 1. The van der Waals surface area contributed by atoms with Crippen LogP contribution in [-0.2, 0) is 17.8 Å². The maximum Gasteiger partial charge on any atom is 0.236 e. The van der Waals surface area contributed by atoms with Crippen LogP contribution in [0.2, 0.25) is 0 Å². The van der Waals surface area contributed by atoms with Crippen LogP contribution in [0.4, 0.5) is 0 Å². The maximum atomic E-state index is 11.1. The SMILES string of the molecule is C#CC(C)Cc1ccc2cc(CN=C(NC(=C\C)/C(C)=N\NC(C)=O)C(C)C)ccc2n1. The summed E-state index contributed by atoms with van der Waals surface area (Å²) in [6, 6.07) is 10.4. The number of carbonyl (C=O) groups is 1. The number of fused-ring (bicyclic) bond motifs is 1. The van der Waals surface area contributed by atoms with E-state index in [1.165, 1.54) is 6.92 Å². The van der Waals surface area contributed by atoms with E-state index >= 15 is 0 Å². The van der Waals surface area contributed by atoms with Gasteiger partial charge in [-0.15, -0.1) is 12.3 Å². The molecule has 1 heterocycles. The molecule has 0 saturated carbocycles. The second-order valence-electron chi connectivity index (χ2n) is 8.15. The largest absolute Gasteiger partial charge is 0.343 e. The van der Waals surface area contributed by atoms with Gasteiger partial charge in [0.15, 0.2) is 0 Å². The summed E-state index contributed by atoms with van der Waals surface area (Å²) in [6.07, 6.45) is 8.18. The third-order valence-electron chi connectivity index (χ3n) is 4.91. The number of amidine groups is 1. The molecule has 0 aliphatic heterocycles. The molecular formula is C26H33N5O. The number of hydrogen-bond acceptors (Lipinski definition) is 4. The second-order valence-corrected chi connectivity index (χ2v) is 8.15. The van der Waals surface area contributed by atoms with Gasteiger partial charge in [0.1, 0.15) is 5.84 Å². The van der Waals surface area contributed by atoms with E-state index in [4.69, 9.17) is 16.4 Å². The average Bonchev–Trinajstić information content (AvgIpc) is 2.77. The van der Waals surface area contributed by atoms with Crippen LogP contribution >= 0.6 is 0 Å². The minimum absolute atomic E-state index is 0.171. The summed E-state index contributed by atoms with van der Waals surface area (Å²) in [7, 11) is 0. The summed E-state index contributed by atoms with van der Waals surface area (Å²) < 4.78 is 0. The topological polar surface area (TPSA) is 78.7 Å². The van der Waals surface area contributed by atoms with Crippen LogP contribution < -0.4 is 10.7 Å². The molecule has 0 bridgehead atoms. The zero-order valence-electron chi connectivity index (χ0n) is 19.9. The van der Waals surface area contributed by atoms with Crippen LogP contribution in [0.5, 0.6) is 0 Å². The lowest BCUT2D eigenvalue weighted by Gasteiger charge is -2.16. The average molecular weight is 432 g/mol. The van der Waals surface area contributed by atoms with Gasteiger partial charge < -0.3 is 5.32 Å². The fourth-order valence-electron chi connectivity index (χ4n) is 3.08. The molecule has 0 radical (unpaired) electrons. The first-order valence-electron chi connectivity index (χ1n) is 10.9. The van der Waals surface area contributed by atoms with Gasteiger partial charge in [0, 0.05) is 36.3 Å². The van der Waals surface area contributed by atoms with Crippen molar-refractivity contribution in [3.05, 3.63) is 53.4 Å². The van der Waals surface area contributed by atoms with E-state index in [1.54, 1.807) is 0 Å². The Labute approximate surface area is 191 Å². The van der Waals surface area contributed by atoms with Crippen LogP contribution in [0, 0.1) is 24.2 Å². The molecule has 1 amide bonds. The highest BCUT2D eigenvalue weighted by atomic mass is 16.2. The van der Waals surface area contributed by atoms with Crippen molar-refractivity contribution in [2.45, 2.75) is 54.5 Å². The van der Waals surface area contributed by atoms with Crippen molar-refractivity contribution in [1.29, 1.82) is 0 Å². The summed E-state index contributed by atoms with van der Waals surface area (Å²) in [4.78, 5) is 20.7. The lowest BCUT2D eigenvalue weighted by atomic mass is 10.0. The third-order valence-corrected chi connectivity index (χ3v) is 4.91. The molecule has 2 N–H and O–H groups in total. The van der Waals surface area contributed by atoms with E-state index in [0.717, 1.165) is 40.1 Å². The standard InChI is InChI=1S/C26H33N5O/c1-8-18(5)14-23-12-11-22-15-21(10-13-25(22)28-23)16-27-26(17(3)4)29-24(9-2)19(6)30-31-20(7)32/h1,9-13,15,17-18H,14,16H2,2-7H3,(H,27,29)(H,31,32)/b24-9-,30-19-. The first kappa shape index (κ1) is 24.8. The summed E-state index contributed by atoms with van der Waals surface area (Å²) in [6.45, 7) is 11.9. The van der Waals surface area contributed by atoms with Gasteiger partial charge in [-0.1, -0.05) is 39.0 Å². The number of carbonyl (C=O) groups excluding carboxylic acids is 1. The molecule has 0 aliphatic rings. The molecule has 2 rings (SSSR count). The number of nitrogens with one attached hydrogen (secondary N) is 2. The zero-order valence-corrected chi connectivity index (χ0v) is 19.9. The predicted octanol–water partition coefficient (Wildman–Crippen LogP) is 4.61. The quantitative estimate of drug-likeness (QED) is 0.277. The van der Waals surface area contributed by atoms with Crippen LogP contribution in [0.1, 0.15) is 52.8 Å². The van der Waals surface area contributed by atoms with Gasteiger partial charge in [-0.2, -0.15) is 5.10 Å². The summed E-state index contributed by atoms with van der Waals surface area (Å²) in [5.41, 5.74) is 7.04. The molecule has 0 fully saturated rings. The van der Waals surface area contributed by atoms with Crippen molar-refractivity contribution in [1.82, 2.24) is 15.7 Å². The third kappa shape index (κ3) is 7.35. The number of pyridine rings is 1. The Bertz CT molecular complexity index is 1090. The molecule has 1 atom stereocenters. The van der Waals surface area contributed by atoms with Crippen LogP contribution in [0.3, 0.4) is 0 Å². The van der Waals surface area contributed by atoms with Gasteiger partial charge in [0.2, 0.25) is 5.91 Å². The number of terminal acetylenes is 1. The van der Waals surface area contributed by atoms with E-state index in [0.29, 0.717) is 12.3 Å².